The molecule has 1 aliphatic carbocycles. The summed E-state index contributed by atoms with van der Waals surface area (Å²) >= 11 is 3.32. The Kier molecular flexibility index (Phi) is 5.35. The van der Waals surface area contributed by atoms with Crippen molar-refractivity contribution in [2.24, 2.45) is 0 Å². The number of sulfone groups is 1. The van der Waals surface area contributed by atoms with Crippen molar-refractivity contribution in [1.82, 2.24) is 5.32 Å². The van der Waals surface area contributed by atoms with E-state index in [9.17, 15) is 18.0 Å². The first-order chi connectivity index (χ1) is 11.5. The monoisotopic (exact) mass is 431 g/mol. The molecular formula is C17H22BrNO5S. The summed E-state index contributed by atoms with van der Waals surface area (Å²) in [6.45, 7) is 6.61. The van der Waals surface area contributed by atoms with E-state index < -0.39 is 38.2 Å². The lowest BCUT2D eigenvalue weighted by molar-refractivity contribution is -0.110. The van der Waals surface area contributed by atoms with Crippen molar-refractivity contribution in [2.75, 3.05) is 5.75 Å². The maximum atomic E-state index is 12.5. The summed E-state index contributed by atoms with van der Waals surface area (Å²) < 4.78 is 31.0. The van der Waals surface area contributed by atoms with Gasteiger partial charge in [0, 0.05) is 16.1 Å². The van der Waals surface area contributed by atoms with Gasteiger partial charge in [-0.3, -0.25) is 0 Å². The number of rotatable bonds is 5. The predicted molar refractivity (Wildman–Crippen MR) is 98.3 cm³/mol. The van der Waals surface area contributed by atoms with Crippen LogP contribution in [0.5, 0.6) is 0 Å². The van der Waals surface area contributed by atoms with Crippen molar-refractivity contribution in [3.05, 3.63) is 34.3 Å². The molecule has 0 radical (unpaired) electrons. The van der Waals surface area contributed by atoms with Gasteiger partial charge in [-0.2, -0.15) is 0 Å². The van der Waals surface area contributed by atoms with Gasteiger partial charge in [0.1, 0.15) is 22.7 Å². The summed E-state index contributed by atoms with van der Waals surface area (Å²) in [5.74, 6) is -0.758. The highest BCUT2D eigenvalue weighted by molar-refractivity contribution is 9.10. The van der Waals surface area contributed by atoms with Gasteiger partial charge in [-0.25, -0.2) is 13.2 Å². The second-order valence-electron chi connectivity index (χ2n) is 7.08. The lowest BCUT2D eigenvalue weighted by Gasteiger charge is -2.22. The van der Waals surface area contributed by atoms with E-state index in [1.165, 1.54) is 6.92 Å². The summed E-state index contributed by atoms with van der Waals surface area (Å²) in [7, 11) is -3.55. The zero-order chi connectivity index (χ0) is 19.0. The molecule has 0 spiro atoms. The average Bonchev–Trinajstić information content (AvgIpc) is 3.15. The number of hydrogen-bond acceptors (Lipinski definition) is 5. The third kappa shape index (κ3) is 4.06. The lowest BCUT2D eigenvalue weighted by atomic mass is 10.1. The van der Waals surface area contributed by atoms with Crippen LogP contribution in [0.15, 0.2) is 28.7 Å². The third-order valence-electron chi connectivity index (χ3n) is 4.11. The smallest absolute Gasteiger partial charge is 0.408 e. The highest BCUT2D eigenvalue weighted by Gasteiger charge is 2.72. The van der Waals surface area contributed by atoms with Crippen molar-refractivity contribution >= 4 is 38.1 Å². The van der Waals surface area contributed by atoms with Gasteiger partial charge < -0.3 is 14.8 Å². The highest BCUT2D eigenvalue weighted by atomic mass is 79.9. The molecule has 3 atom stereocenters. The standard InChI is InChI=1S/C17H22BrNO5S/c1-5-25(22,23)14-13(11-6-8-12(18)9-7-11)17(14,10-20)19-15(21)24-16(2,3)4/h6-10,13-14H,5H2,1-4H3,(H,19,21)/t13-,14+,17-/m1/s1. The molecule has 6 nitrogen and oxygen atoms in total. The van der Waals surface area contributed by atoms with Gasteiger partial charge in [0.25, 0.3) is 0 Å². The quantitative estimate of drug-likeness (QED) is 0.723. The molecule has 1 aromatic rings. The number of alkyl carbamates (subject to hydrolysis) is 1. The minimum atomic E-state index is -3.55. The number of amides is 1. The number of hydrogen-bond donors (Lipinski definition) is 1. The normalized spacial score (nSPS) is 26.0. The first-order valence-corrected chi connectivity index (χ1v) is 10.4. The molecule has 1 aromatic carbocycles. The first-order valence-electron chi connectivity index (χ1n) is 7.91. The molecule has 1 amide bonds. The van der Waals surface area contributed by atoms with Crippen LogP contribution in [-0.2, 0) is 19.4 Å². The van der Waals surface area contributed by atoms with Crippen LogP contribution >= 0.6 is 15.9 Å². The number of carbonyl (C=O) groups is 2. The molecule has 138 valence electrons. The Balaban J connectivity index is 2.40. The molecule has 1 fully saturated rings. The largest absolute Gasteiger partial charge is 0.444 e. The van der Waals surface area contributed by atoms with E-state index in [0.717, 1.165) is 4.47 Å². The topological polar surface area (TPSA) is 89.5 Å². The van der Waals surface area contributed by atoms with Crippen molar-refractivity contribution in [1.29, 1.82) is 0 Å². The van der Waals surface area contributed by atoms with Crippen LogP contribution < -0.4 is 5.32 Å². The Labute approximate surface area is 156 Å². The number of benzene rings is 1. The van der Waals surface area contributed by atoms with Crippen molar-refractivity contribution in [2.45, 2.75) is 50.0 Å². The predicted octanol–water partition coefficient (Wildman–Crippen LogP) is 2.81. The molecule has 0 saturated heterocycles. The number of nitrogens with one attached hydrogen (secondary N) is 1. The van der Waals surface area contributed by atoms with E-state index >= 15 is 0 Å². The van der Waals surface area contributed by atoms with E-state index in [1.54, 1.807) is 45.0 Å². The van der Waals surface area contributed by atoms with Crippen LogP contribution in [0, 0.1) is 0 Å². The van der Waals surface area contributed by atoms with E-state index in [2.05, 4.69) is 21.2 Å². The van der Waals surface area contributed by atoms with Gasteiger partial charge in [-0.1, -0.05) is 35.0 Å². The maximum absolute atomic E-state index is 12.5. The fraction of sp³-hybridized carbons (Fsp3) is 0.529. The third-order valence-corrected chi connectivity index (χ3v) is 6.88. The minimum Gasteiger partial charge on any atom is -0.444 e. The molecule has 1 N–H and O–H groups in total. The molecule has 0 bridgehead atoms. The lowest BCUT2D eigenvalue weighted by Crippen LogP contribution is -2.45. The average molecular weight is 432 g/mol. The van der Waals surface area contributed by atoms with Gasteiger partial charge >= 0.3 is 6.09 Å². The van der Waals surface area contributed by atoms with E-state index in [0.29, 0.717) is 11.8 Å². The summed E-state index contributed by atoms with van der Waals surface area (Å²) in [5.41, 5.74) is -1.59. The Morgan fingerprint density at radius 2 is 1.88 bits per heavy atom. The second-order valence-corrected chi connectivity index (χ2v) is 10.4. The Morgan fingerprint density at radius 1 is 1.32 bits per heavy atom. The number of halogens is 1. The SMILES string of the molecule is CCS(=O)(=O)[C@H]1[C@@H](c2ccc(Br)cc2)[C@@]1(C=O)NC(=O)OC(C)(C)C. The molecule has 2 rings (SSSR count). The number of carbonyl (C=O) groups excluding carboxylic acids is 2. The Morgan fingerprint density at radius 3 is 2.32 bits per heavy atom. The zero-order valence-electron chi connectivity index (χ0n) is 14.6. The molecule has 1 saturated carbocycles. The Bertz CT molecular complexity index is 769. The summed E-state index contributed by atoms with van der Waals surface area (Å²) in [5, 5.41) is 1.50. The first kappa shape index (κ1) is 19.9. The van der Waals surface area contributed by atoms with Gasteiger partial charge in [-0.15, -0.1) is 0 Å². The zero-order valence-corrected chi connectivity index (χ0v) is 17.0. The Hall–Kier alpha value is -1.41. The second kappa shape index (κ2) is 6.72. The number of ether oxygens (including phenoxy) is 1. The van der Waals surface area contributed by atoms with Crippen molar-refractivity contribution in [3.8, 4) is 0 Å². The number of aldehydes is 1. The maximum Gasteiger partial charge on any atom is 0.408 e. The van der Waals surface area contributed by atoms with Crippen LogP contribution in [0.4, 0.5) is 4.79 Å². The van der Waals surface area contributed by atoms with E-state index in [1.807, 2.05) is 0 Å². The van der Waals surface area contributed by atoms with Gasteiger partial charge in [-0.05, 0) is 38.5 Å². The van der Waals surface area contributed by atoms with Gasteiger partial charge in [0.15, 0.2) is 9.84 Å². The van der Waals surface area contributed by atoms with E-state index in [-0.39, 0.29) is 5.75 Å². The fourth-order valence-electron chi connectivity index (χ4n) is 2.98. The summed E-state index contributed by atoms with van der Waals surface area (Å²) in [6.07, 6.45) is -0.294. The van der Waals surface area contributed by atoms with Crippen molar-refractivity contribution in [3.63, 3.8) is 0 Å². The molecule has 0 aromatic heterocycles. The summed E-state index contributed by atoms with van der Waals surface area (Å²) in [6, 6.07) is 7.03. The molecule has 8 heteroatoms. The molecule has 0 heterocycles. The molecule has 0 unspecified atom stereocenters. The van der Waals surface area contributed by atoms with Crippen LogP contribution in [0.3, 0.4) is 0 Å². The molecule has 25 heavy (non-hydrogen) atoms. The van der Waals surface area contributed by atoms with Gasteiger partial charge in [0.05, 0.1) is 0 Å². The van der Waals surface area contributed by atoms with Crippen LogP contribution in [0.1, 0.15) is 39.2 Å². The molecule has 1 aliphatic rings. The molecular weight excluding hydrogens is 410 g/mol. The fourth-order valence-corrected chi connectivity index (χ4v) is 5.18. The van der Waals surface area contributed by atoms with Gasteiger partial charge in [0.2, 0.25) is 0 Å². The van der Waals surface area contributed by atoms with Crippen LogP contribution in [-0.4, -0.2) is 42.9 Å². The summed E-state index contributed by atoms with van der Waals surface area (Å²) in [4.78, 5) is 24.0. The minimum absolute atomic E-state index is 0.115. The molecule has 0 aliphatic heterocycles. The van der Waals surface area contributed by atoms with Crippen LogP contribution in [0.2, 0.25) is 0 Å². The van der Waals surface area contributed by atoms with Crippen molar-refractivity contribution < 1.29 is 22.7 Å². The van der Waals surface area contributed by atoms with E-state index in [4.69, 9.17) is 4.74 Å². The van der Waals surface area contributed by atoms with Crippen LogP contribution in [0.25, 0.3) is 0 Å². The highest BCUT2D eigenvalue weighted by Crippen LogP contribution is 2.55.